The molecule has 1 fully saturated rings. The minimum absolute atomic E-state index is 0.0849. The van der Waals surface area contributed by atoms with Crippen LogP contribution in [0.25, 0.3) is 5.69 Å². The second-order valence-corrected chi connectivity index (χ2v) is 5.88. The summed E-state index contributed by atoms with van der Waals surface area (Å²) in [4.78, 5) is 12.8. The number of rotatable bonds is 4. The molecule has 5 nitrogen and oxygen atoms in total. The van der Waals surface area contributed by atoms with E-state index in [1.54, 1.807) is 10.7 Å². The van der Waals surface area contributed by atoms with Gasteiger partial charge in [0.15, 0.2) is 5.82 Å². The Morgan fingerprint density at radius 1 is 1.00 bits per heavy atom. The lowest BCUT2D eigenvalue weighted by molar-refractivity contribution is -0.139. The largest absolute Gasteiger partial charge is 0.378 e. The molecule has 0 bridgehead atoms. The van der Waals surface area contributed by atoms with Crippen LogP contribution in [0.4, 0.5) is 5.82 Å². The Kier molecular flexibility index (Phi) is 3.63. The predicted octanol–water partition coefficient (Wildman–Crippen LogP) is 2.78. The molecule has 4 rings (SSSR count). The fraction of sp³-hybridized carbons (Fsp3) is 0.158. The Balaban J connectivity index is 1.55. The van der Waals surface area contributed by atoms with Crippen molar-refractivity contribution in [1.82, 2.24) is 9.78 Å². The average molecular weight is 319 g/mol. The zero-order valence-electron chi connectivity index (χ0n) is 13.1. The van der Waals surface area contributed by atoms with Crippen LogP contribution in [-0.2, 0) is 14.9 Å². The fourth-order valence-corrected chi connectivity index (χ4v) is 2.84. The van der Waals surface area contributed by atoms with E-state index in [-0.39, 0.29) is 5.91 Å². The number of benzene rings is 2. The first-order valence-electron chi connectivity index (χ1n) is 7.84. The Hall–Kier alpha value is -2.92. The molecule has 120 valence electrons. The third-order valence-corrected chi connectivity index (χ3v) is 4.31. The van der Waals surface area contributed by atoms with Crippen LogP contribution >= 0.6 is 0 Å². The van der Waals surface area contributed by atoms with E-state index in [0.29, 0.717) is 19.0 Å². The van der Waals surface area contributed by atoms with Crippen molar-refractivity contribution in [2.75, 3.05) is 18.5 Å². The summed E-state index contributed by atoms with van der Waals surface area (Å²) in [5.74, 6) is 0.448. The van der Waals surface area contributed by atoms with Crippen LogP contribution in [0.15, 0.2) is 72.9 Å². The minimum Gasteiger partial charge on any atom is -0.378 e. The summed E-state index contributed by atoms with van der Waals surface area (Å²) in [7, 11) is 0. The van der Waals surface area contributed by atoms with E-state index in [2.05, 4.69) is 10.4 Å². The van der Waals surface area contributed by atoms with Gasteiger partial charge in [-0.2, -0.15) is 5.10 Å². The molecule has 0 saturated carbocycles. The van der Waals surface area contributed by atoms with Crippen LogP contribution < -0.4 is 5.32 Å². The van der Waals surface area contributed by atoms with E-state index in [0.717, 1.165) is 11.3 Å². The van der Waals surface area contributed by atoms with Gasteiger partial charge in [0, 0.05) is 12.3 Å². The molecule has 2 heterocycles. The Labute approximate surface area is 139 Å². The maximum absolute atomic E-state index is 12.8. The number of para-hydroxylation sites is 1. The predicted molar refractivity (Wildman–Crippen MR) is 91.1 cm³/mol. The zero-order chi connectivity index (χ0) is 16.4. The van der Waals surface area contributed by atoms with Gasteiger partial charge in [0.2, 0.25) is 5.91 Å². The molecule has 1 aliphatic rings. The molecule has 3 aromatic rings. The molecule has 1 N–H and O–H groups in total. The van der Waals surface area contributed by atoms with E-state index >= 15 is 0 Å². The lowest BCUT2D eigenvalue weighted by Crippen LogP contribution is -2.55. The maximum atomic E-state index is 12.8. The Bertz CT molecular complexity index is 839. The number of aromatic nitrogens is 2. The number of amides is 1. The van der Waals surface area contributed by atoms with Crippen LogP contribution in [0, 0.1) is 0 Å². The summed E-state index contributed by atoms with van der Waals surface area (Å²) >= 11 is 0. The number of hydrogen-bond acceptors (Lipinski definition) is 3. The molecule has 24 heavy (non-hydrogen) atoms. The zero-order valence-corrected chi connectivity index (χ0v) is 13.1. The van der Waals surface area contributed by atoms with Crippen molar-refractivity contribution in [2.45, 2.75) is 5.41 Å². The van der Waals surface area contributed by atoms with Gasteiger partial charge in [-0.1, -0.05) is 48.5 Å². The summed E-state index contributed by atoms with van der Waals surface area (Å²) in [6, 6.07) is 21.3. The third-order valence-electron chi connectivity index (χ3n) is 4.31. The van der Waals surface area contributed by atoms with E-state index in [1.165, 1.54) is 0 Å². The molecule has 1 amide bonds. The number of anilines is 1. The van der Waals surface area contributed by atoms with E-state index in [1.807, 2.05) is 66.9 Å². The summed E-state index contributed by atoms with van der Waals surface area (Å²) in [5, 5.41) is 7.35. The highest BCUT2D eigenvalue weighted by Gasteiger charge is 2.47. The van der Waals surface area contributed by atoms with Gasteiger partial charge in [0.25, 0.3) is 0 Å². The number of ether oxygens (including phenoxy) is 1. The summed E-state index contributed by atoms with van der Waals surface area (Å²) in [5.41, 5.74) is 1.29. The Morgan fingerprint density at radius 2 is 1.67 bits per heavy atom. The first kappa shape index (κ1) is 14.7. The number of hydrogen-bond donors (Lipinski definition) is 1. The second kappa shape index (κ2) is 5.94. The van der Waals surface area contributed by atoms with Crippen molar-refractivity contribution in [3.05, 3.63) is 78.5 Å². The highest BCUT2D eigenvalue weighted by atomic mass is 16.5. The van der Waals surface area contributed by atoms with Crippen molar-refractivity contribution >= 4 is 11.7 Å². The standard InChI is InChI=1S/C19H17N3O2/c23-18(19(13-24-14-19)15-7-3-1-4-8-15)20-17-11-12-22(21-17)16-9-5-2-6-10-16/h1-12H,13-14H2,(H,20,21,23). The van der Waals surface area contributed by atoms with E-state index < -0.39 is 5.41 Å². The first-order valence-corrected chi connectivity index (χ1v) is 7.84. The van der Waals surface area contributed by atoms with Crippen molar-refractivity contribution in [3.63, 3.8) is 0 Å². The molecule has 5 heteroatoms. The molecule has 1 saturated heterocycles. The van der Waals surface area contributed by atoms with Crippen molar-refractivity contribution < 1.29 is 9.53 Å². The Morgan fingerprint density at radius 3 is 2.29 bits per heavy atom. The summed E-state index contributed by atoms with van der Waals surface area (Å²) in [6.07, 6.45) is 1.83. The van der Waals surface area contributed by atoms with Crippen molar-refractivity contribution in [2.24, 2.45) is 0 Å². The fourth-order valence-electron chi connectivity index (χ4n) is 2.84. The van der Waals surface area contributed by atoms with Gasteiger partial charge in [0.1, 0.15) is 5.41 Å². The molecule has 2 aromatic carbocycles. The quantitative estimate of drug-likeness (QED) is 0.804. The highest BCUT2D eigenvalue weighted by molar-refractivity contribution is 5.99. The van der Waals surface area contributed by atoms with Gasteiger partial charge < -0.3 is 10.1 Å². The normalized spacial score (nSPS) is 15.5. The number of carbonyl (C=O) groups is 1. The van der Waals surface area contributed by atoms with Crippen LogP contribution in [0.5, 0.6) is 0 Å². The first-order chi connectivity index (χ1) is 11.8. The van der Waals surface area contributed by atoms with Crippen molar-refractivity contribution in [3.8, 4) is 5.69 Å². The van der Waals surface area contributed by atoms with Crippen molar-refractivity contribution in [1.29, 1.82) is 0 Å². The third kappa shape index (κ3) is 2.49. The molecule has 0 radical (unpaired) electrons. The van der Waals surface area contributed by atoms with Gasteiger partial charge in [-0.05, 0) is 17.7 Å². The molecule has 0 atom stereocenters. The molecule has 0 spiro atoms. The smallest absolute Gasteiger partial charge is 0.240 e. The molecular weight excluding hydrogens is 302 g/mol. The summed E-state index contributed by atoms with van der Waals surface area (Å²) < 4.78 is 7.08. The van der Waals surface area contributed by atoms with Gasteiger partial charge in [-0.3, -0.25) is 4.79 Å². The lowest BCUT2D eigenvalue weighted by Gasteiger charge is -2.40. The molecule has 0 aliphatic carbocycles. The van der Waals surface area contributed by atoms with Gasteiger partial charge in [0.05, 0.1) is 18.9 Å². The minimum atomic E-state index is -0.627. The van der Waals surface area contributed by atoms with Gasteiger partial charge >= 0.3 is 0 Å². The molecule has 0 unspecified atom stereocenters. The van der Waals surface area contributed by atoms with E-state index in [9.17, 15) is 4.79 Å². The second-order valence-electron chi connectivity index (χ2n) is 5.88. The topological polar surface area (TPSA) is 56.2 Å². The molecule has 1 aromatic heterocycles. The van der Waals surface area contributed by atoms with Crippen LogP contribution in [-0.4, -0.2) is 28.9 Å². The average Bonchev–Trinajstić information content (AvgIpc) is 3.04. The molecular formula is C19H17N3O2. The monoisotopic (exact) mass is 319 g/mol. The maximum Gasteiger partial charge on any atom is 0.240 e. The van der Waals surface area contributed by atoms with Crippen LogP contribution in [0.1, 0.15) is 5.56 Å². The highest BCUT2D eigenvalue weighted by Crippen LogP contribution is 2.33. The van der Waals surface area contributed by atoms with Gasteiger partial charge in [-0.25, -0.2) is 4.68 Å². The van der Waals surface area contributed by atoms with Gasteiger partial charge in [-0.15, -0.1) is 0 Å². The number of nitrogens with zero attached hydrogens (tertiary/aromatic N) is 2. The number of nitrogens with one attached hydrogen (secondary N) is 1. The van der Waals surface area contributed by atoms with Crippen LogP contribution in [0.3, 0.4) is 0 Å². The van der Waals surface area contributed by atoms with E-state index in [4.69, 9.17) is 4.74 Å². The van der Waals surface area contributed by atoms with Crippen LogP contribution in [0.2, 0.25) is 0 Å². The number of carbonyl (C=O) groups excluding carboxylic acids is 1. The summed E-state index contributed by atoms with van der Waals surface area (Å²) in [6.45, 7) is 0.782. The lowest BCUT2D eigenvalue weighted by atomic mass is 9.78. The molecule has 1 aliphatic heterocycles. The SMILES string of the molecule is O=C(Nc1ccn(-c2ccccc2)n1)C1(c2ccccc2)COC1.